The molecule has 0 saturated heterocycles. The van der Waals surface area contributed by atoms with Crippen molar-refractivity contribution in [3.8, 4) is 0 Å². The normalized spacial score (nSPS) is 10.1. The topological polar surface area (TPSA) is 24.9 Å². The average molecular weight is 204 g/mol. The van der Waals surface area contributed by atoms with Gasteiger partial charge >= 0.3 is 0 Å². The van der Waals surface area contributed by atoms with Gasteiger partial charge in [-0.05, 0) is 37.4 Å². The molecule has 1 N–H and O–H groups in total. The molecule has 0 aliphatic heterocycles. The molecule has 1 aromatic rings. The highest BCUT2D eigenvalue weighted by Crippen LogP contribution is 1.99. The largest absolute Gasteiger partial charge is 0.313 e. The summed E-state index contributed by atoms with van der Waals surface area (Å²) in [6.07, 6.45) is 10.6. The van der Waals surface area contributed by atoms with Crippen molar-refractivity contribution in [1.82, 2.24) is 10.3 Å². The van der Waals surface area contributed by atoms with Crippen LogP contribution in [0, 0.1) is 0 Å². The van der Waals surface area contributed by atoms with E-state index < -0.39 is 0 Å². The molecule has 1 aromatic heterocycles. The first-order valence-corrected chi connectivity index (χ1v) is 5.64. The average Bonchev–Trinajstić information content (AvgIpc) is 2.29. The molecule has 15 heavy (non-hydrogen) atoms. The summed E-state index contributed by atoms with van der Waals surface area (Å²) < 4.78 is 0. The van der Waals surface area contributed by atoms with Crippen LogP contribution in [0.2, 0.25) is 0 Å². The molecule has 82 valence electrons. The minimum atomic E-state index is 0.926. The number of aromatic nitrogens is 1. The minimum absolute atomic E-state index is 0.926. The van der Waals surface area contributed by atoms with Crippen LogP contribution < -0.4 is 5.32 Å². The van der Waals surface area contributed by atoms with E-state index in [1.165, 1.54) is 24.8 Å². The quantitative estimate of drug-likeness (QED) is 0.520. The Kier molecular flexibility index (Phi) is 6.50. The van der Waals surface area contributed by atoms with E-state index in [4.69, 9.17) is 0 Å². The molecule has 0 saturated carbocycles. The number of nitrogens with one attached hydrogen (secondary N) is 1. The van der Waals surface area contributed by atoms with Gasteiger partial charge in [-0.25, -0.2) is 0 Å². The number of allylic oxidation sites excluding steroid dienone is 1. The molecule has 0 atom stereocenters. The maximum Gasteiger partial charge on any atom is 0.0312 e. The lowest BCUT2D eigenvalue weighted by atomic mass is 10.2. The molecule has 0 unspecified atom stereocenters. The third-order valence-corrected chi connectivity index (χ3v) is 2.31. The molecule has 1 heterocycles. The summed E-state index contributed by atoms with van der Waals surface area (Å²) in [5.74, 6) is 0. The summed E-state index contributed by atoms with van der Waals surface area (Å²) in [5, 5.41) is 3.41. The summed E-state index contributed by atoms with van der Waals surface area (Å²) in [6, 6.07) is 4.07. The van der Waals surface area contributed by atoms with Crippen molar-refractivity contribution in [1.29, 1.82) is 0 Å². The standard InChI is InChI=1S/C13H20N2/c1-2-3-4-5-6-9-14-11-13-8-7-10-15-12-13/h2,7-8,10,12,14H,1,3-6,9,11H2. The molecule has 0 aliphatic rings. The number of unbranched alkanes of at least 4 members (excludes halogenated alkanes) is 3. The summed E-state index contributed by atoms with van der Waals surface area (Å²) >= 11 is 0. The highest BCUT2D eigenvalue weighted by molar-refractivity contribution is 5.07. The molecule has 0 bridgehead atoms. The lowest BCUT2D eigenvalue weighted by molar-refractivity contribution is 0.605. The van der Waals surface area contributed by atoms with Crippen LogP contribution in [0.1, 0.15) is 31.2 Å². The molecule has 0 amide bonds. The maximum atomic E-state index is 4.07. The molecule has 0 aliphatic carbocycles. The van der Waals surface area contributed by atoms with E-state index in [9.17, 15) is 0 Å². The van der Waals surface area contributed by atoms with E-state index in [1.54, 1.807) is 6.20 Å². The Bertz CT molecular complexity index is 256. The lowest BCUT2D eigenvalue weighted by Crippen LogP contribution is -2.14. The summed E-state index contributed by atoms with van der Waals surface area (Å²) in [5.41, 5.74) is 1.25. The summed E-state index contributed by atoms with van der Waals surface area (Å²) in [7, 11) is 0. The molecule has 0 fully saturated rings. The van der Waals surface area contributed by atoms with Crippen molar-refractivity contribution < 1.29 is 0 Å². The predicted molar refractivity (Wildman–Crippen MR) is 64.6 cm³/mol. The second kappa shape index (κ2) is 8.18. The lowest BCUT2D eigenvalue weighted by Gasteiger charge is -2.03. The van der Waals surface area contributed by atoms with Gasteiger partial charge in [-0.3, -0.25) is 4.98 Å². The van der Waals surface area contributed by atoms with Crippen molar-refractivity contribution in [2.24, 2.45) is 0 Å². The van der Waals surface area contributed by atoms with E-state index >= 15 is 0 Å². The van der Waals surface area contributed by atoms with Gasteiger partial charge in [0.15, 0.2) is 0 Å². The Balaban J connectivity index is 1.95. The fraction of sp³-hybridized carbons (Fsp3) is 0.462. The number of pyridine rings is 1. The SMILES string of the molecule is C=CCCCCCNCc1cccnc1. The highest BCUT2D eigenvalue weighted by atomic mass is 14.8. The van der Waals surface area contributed by atoms with Gasteiger partial charge in [0.2, 0.25) is 0 Å². The Morgan fingerprint density at radius 2 is 2.27 bits per heavy atom. The first-order valence-electron chi connectivity index (χ1n) is 5.64. The van der Waals surface area contributed by atoms with Gasteiger partial charge in [-0.15, -0.1) is 6.58 Å². The fourth-order valence-electron chi connectivity index (χ4n) is 1.45. The second-order valence-corrected chi connectivity index (χ2v) is 3.68. The van der Waals surface area contributed by atoms with Crippen molar-refractivity contribution in [2.45, 2.75) is 32.2 Å². The van der Waals surface area contributed by atoms with Crippen LogP contribution in [0.3, 0.4) is 0 Å². The Morgan fingerprint density at radius 3 is 3.00 bits per heavy atom. The third-order valence-electron chi connectivity index (χ3n) is 2.31. The van der Waals surface area contributed by atoms with Gasteiger partial charge < -0.3 is 5.32 Å². The van der Waals surface area contributed by atoms with E-state index in [-0.39, 0.29) is 0 Å². The molecular weight excluding hydrogens is 184 g/mol. The van der Waals surface area contributed by atoms with Gasteiger partial charge in [-0.2, -0.15) is 0 Å². The highest BCUT2D eigenvalue weighted by Gasteiger charge is 1.91. The fourth-order valence-corrected chi connectivity index (χ4v) is 1.45. The molecule has 2 nitrogen and oxygen atoms in total. The van der Waals surface area contributed by atoms with E-state index in [2.05, 4.69) is 22.9 Å². The summed E-state index contributed by atoms with van der Waals surface area (Å²) in [4.78, 5) is 4.07. The molecule has 0 radical (unpaired) electrons. The van der Waals surface area contributed by atoms with Crippen molar-refractivity contribution in [3.05, 3.63) is 42.7 Å². The van der Waals surface area contributed by atoms with Gasteiger partial charge in [0.05, 0.1) is 0 Å². The minimum Gasteiger partial charge on any atom is -0.313 e. The molecule has 1 rings (SSSR count). The number of hydrogen-bond donors (Lipinski definition) is 1. The van der Waals surface area contributed by atoms with E-state index in [1.807, 2.05) is 18.3 Å². The van der Waals surface area contributed by atoms with E-state index in [0.717, 1.165) is 19.5 Å². The zero-order chi connectivity index (χ0) is 10.8. The van der Waals surface area contributed by atoms with Gasteiger partial charge in [0.1, 0.15) is 0 Å². The summed E-state index contributed by atoms with van der Waals surface area (Å²) in [6.45, 7) is 5.73. The second-order valence-electron chi connectivity index (χ2n) is 3.68. The van der Waals surface area contributed by atoms with E-state index in [0.29, 0.717) is 0 Å². The number of hydrogen-bond acceptors (Lipinski definition) is 2. The Morgan fingerprint density at radius 1 is 1.33 bits per heavy atom. The monoisotopic (exact) mass is 204 g/mol. The van der Waals surface area contributed by atoms with Gasteiger partial charge in [0, 0.05) is 18.9 Å². The Labute approximate surface area is 92.4 Å². The van der Waals surface area contributed by atoms with Gasteiger partial charge in [0.25, 0.3) is 0 Å². The smallest absolute Gasteiger partial charge is 0.0312 e. The van der Waals surface area contributed by atoms with Crippen molar-refractivity contribution in [2.75, 3.05) is 6.54 Å². The van der Waals surface area contributed by atoms with Crippen LogP contribution in [0.15, 0.2) is 37.2 Å². The molecule has 2 heteroatoms. The molecule has 0 spiro atoms. The first-order chi connectivity index (χ1) is 7.43. The Hall–Kier alpha value is -1.15. The van der Waals surface area contributed by atoms with Gasteiger partial charge in [-0.1, -0.05) is 18.6 Å². The zero-order valence-corrected chi connectivity index (χ0v) is 9.28. The van der Waals surface area contributed by atoms with Crippen LogP contribution >= 0.6 is 0 Å². The van der Waals surface area contributed by atoms with Crippen LogP contribution in [0.4, 0.5) is 0 Å². The molecular formula is C13H20N2. The third kappa shape index (κ3) is 6.02. The predicted octanol–water partition coefficient (Wildman–Crippen LogP) is 2.92. The van der Waals surface area contributed by atoms with Crippen molar-refractivity contribution >= 4 is 0 Å². The number of rotatable bonds is 8. The maximum absolute atomic E-state index is 4.07. The number of nitrogens with zero attached hydrogens (tertiary/aromatic N) is 1. The first kappa shape index (κ1) is 11.9. The van der Waals surface area contributed by atoms with Crippen molar-refractivity contribution in [3.63, 3.8) is 0 Å². The van der Waals surface area contributed by atoms with Crippen LogP contribution in [-0.4, -0.2) is 11.5 Å². The van der Waals surface area contributed by atoms with Crippen LogP contribution in [-0.2, 0) is 6.54 Å². The molecule has 0 aromatic carbocycles. The zero-order valence-electron chi connectivity index (χ0n) is 9.28. The van der Waals surface area contributed by atoms with Crippen LogP contribution in [0.25, 0.3) is 0 Å². The van der Waals surface area contributed by atoms with Crippen LogP contribution in [0.5, 0.6) is 0 Å².